The van der Waals surface area contributed by atoms with E-state index in [0.717, 1.165) is 48.9 Å². The monoisotopic (exact) mass is 402 g/mol. The molecule has 2 amide bonds. The van der Waals surface area contributed by atoms with Crippen LogP contribution in [0.15, 0.2) is 23.1 Å². The number of nitrogens with zero attached hydrogens (tertiary/aromatic N) is 2. The van der Waals surface area contributed by atoms with E-state index in [0.29, 0.717) is 23.1 Å². The Morgan fingerprint density at radius 2 is 1.89 bits per heavy atom. The molecule has 5 nitrogen and oxygen atoms in total. The van der Waals surface area contributed by atoms with Crippen molar-refractivity contribution in [3.63, 3.8) is 0 Å². The molecule has 0 radical (unpaired) electrons. The van der Waals surface area contributed by atoms with E-state index < -0.39 is 0 Å². The maximum atomic E-state index is 12.8. The topological polar surface area (TPSA) is 49.9 Å². The predicted octanol–water partition coefficient (Wildman–Crippen LogP) is 5.16. The lowest BCUT2D eigenvalue weighted by Gasteiger charge is -2.25. The van der Waals surface area contributed by atoms with E-state index in [1.54, 1.807) is 13.2 Å². The van der Waals surface area contributed by atoms with Crippen molar-refractivity contribution in [2.45, 2.75) is 46.0 Å². The minimum absolute atomic E-state index is 0.152. The highest BCUT2D eigenvalue weighted by Gasteiger charge is 2.36. The number of benzene rings is 1. The minimum Gasteiger partial charge on any atom is -0.496 e. The lowest BCUT2D eigenvalue weighted by molar-refractivity contribution is -0.123. The summed E-state index contributed by atoms with van der Waals surface area (Å²) in [5.74, 6) is 0.989. The number of rotatable bonds is 7. The Morgan fingerprint density at radius 1 is 1.18 bits per heavy atom. The van der Waals surface area contributed by atoms with E-state index in [9.17, 15) is 9.59 Å². The summed E-state index contributed by atoms with van der Waals surface area (Å²) in [5.41, 5.74) is 1.91. The third-order valence-electron chi connectivity index (χ3n) is 5.67. The molecule has 6 heteroatoms. The number of ether oxygens (including phenoxy) is 1. The molecule has 0 aromatic heterocycles. The van der Waals surface area contributed by atoms with E-state index in [1.165, 1.54) is 24.2 Å². The van der Waals surface area contributed by atoms with Gasteiger partial charge in [-0.25, -0.2) is 0 Å². The normalized spacial score (nSPS) is 19.5. The van der Waals surface area contributed by atoms with Crippen LogP contribution in [0, 0.1) is 5.92 Å². The molecule has 1 aliphatic carbocycles. The van der Waals surface area contributed by atoms with Gasteiger partial charge < -0.3 is 9.64 Å². The fourth-order valence-electron chi connectivity index (χ4n) is 4.03. The molecule has 0 spiro atoms. The molecule has 0 bridgehead atoms. The summed E-state index contributed by atoms with van der Waals surface area (Å²) < 4.78 is 5.56. The molecule has 28 heavy (non-hydrogen) atoms. The summed E-state index contributed by atoms with van der Waals surface area (Å²) in [6.45, 7) is 6.62. The van der Waals surface area contributed by atoms with Crippen molar-refractivity contribution in [3.05, 3.63) is 28.7 Å². The van der Waals surface area contributed by atoms with Gasteiger partial charge in [0.05, 0.1) is 12.0 Å². The predicted molar refractivity (Wildman–Crippen MR) is 116 cm³/mol. The van der Waals surface area contributed by atoms with E-state index >= 15 is 0 Å². The molecule has 0 N–H and O–H groups in total. The number of carbonyl (C=O) groups is 2. The molecule has 0 atom stereocenters. The van der Waals surface area contributed by atoms with Gasteiger partial charge in [-0.1, -0.05) is 19.3 Å². The summed E-state index contributed by atoms with van der Waals surface area (Å²) in [4.78, 5) is 29.4. The van der Waals surface area contributed by atoms with Crippen molar-refractivity contribution in [3.8, 4) is 5.75 Å². The van der Waals surface area contributed by atoms with Crippen LogP contribution < -0.4 is 9.64 Å². The van der Waals surface area contributed by atoms with Gasteiger partial charge in [-0.2, -0.15) is 0 Å². The standard InChI is InChI=1S/C22H30N2O3S/c1-4-23(5-2)18-12-11-17(19(14-18)27-3)13-20-21(25)24(22(26)28-20)15-16-9-7-6-8-10-16/h11-14,16H,4-10,15H2,1-3H3/b20-13+. The fourth-order valence-corrected chi connectivity index (χ4v) is 4.87. The number of amides is 2. The number of anilines is 1. The number of methoxy groups -OCH3 is 1. The third kappa shape index (κ3) is 4.54. The maximum absolute atomic E-state index is 12.8. The van der Waals surface area contributed by atoms with Crippen molar-refractivity contribution in [2.75, 3.05) is 31.6 Å². The molecule has 2 fully saturated rings. The molecule has 1 aromatic carbocycles. The van der Waals surface area contributed by atoms with Crippen LogP contribution in [0.2, 0.25) is 0 Å². The van der Waals surface area contributed by atoms with E-state index in [4.69, 9.17) is 4.74 Å². The highest BCUT2D eigenvalue weighted by Crippen LogP contribution is 2.36. The first-order valence-corrected chi connectivity index (χ1v) is 11.1. The average molecular weight is 403 g/mol. The summed E-state index contributed by atoms with van der Waals surface area (Å²) >= 11 is 1.04. The van der Waals surface area contributed by atoms with Crippen LogP contribution in [0.3, 0.4) is 0 Å². The summed E-state index contributed by atoms with van der Waals surface area (Å²) in [6, 6.07) is 5.99. The number of imide groups is 1. The van der Waals surface area contributed by atoms with Crippen LogP contribution in [-0.4, -0.2) is 42.8 Å². The lowest BCUT2D eigenvalue weighted by Crippen LogP contribution is -2.34. The molecule has 1 heterocycles. The van der Waals surface area contributed by atoms with Crippen molar-refractivity contribution in [2.24, 2.45) is 5.92 Å². The molecular formula is C22H30N2O3S. The zero-order valence-electron chi connectivity index (χ0n) is 17.1. The number of thioether (sulfide) groups is 1. The second-order valence-electron chi connectivity index (χ2n) is 7.39. The highest BCUT2D eigenvalue weighted by atomic mass is 32.2. The Hall–Kier alpha value is -1.95. The van der Waals surface area contributed by atoms with Crippen LogP contribution in [0.1, 0.15) is 51.5 Å². The first-order valence-electron chi connectivity index (χ1n) is 10.3. The Bertz CT molecular complexity index is 752. The van der Waals surface area contributed by atoms with Gasteiger partial charge in [-0.15, -0.1) is 0 Å². The zero-order chi connectivity index (χ0) is 20.1. The van der Waals surface area contributed by atoms with Gasteiger partial charge in [0.15, 0.2) is 0 Å². The molecule has 1 aromatic rings. The molecular weight excluding hydrogens is 372 g/mol. The van der Waals surface area contributed by atoms with Crippen molar-refractivity contribution >= 4 is 34.7 Å². The number of carbonyl (C=O) groups excluding carboxylic acids is 2. The highest BCUT2D eigenvalue weighted by molar-refractivity contribution is 8.18. The second kappa shape index (κ2) is 9.50. The van der Waals surface area contributed by atoms with Gasteiger partial charge >= 0.3 is 0 Å². The molecule has 152 valence electrons. The minimum atomic E-state index is -0.171. The Morgan fingerprint density at radius 3 is 2.54 bits per heavy atom. The van der Waals surface area contributed by atoms with Crippen molar-refractivity contribution < 1.29 is 14.3 Å². The van der Waals surface area contributed by atoms with Gasteiger partial charge in [-0.05, 0) is 62.6 Å². The number of hydrogen-bond acceptors (Lipinski definition) is 5. The van der Waals surface area contributed by atoms with Gasteiger partial charge in [0, 0.05) is 37.0 Å². The summed E-state index contributed by atoms with van der Waals surface area (Å²) in [6.07, 6.45) is 7.68. The fraction of sp³-hybridized carbons (Fsp3) is 0.545. The van der Waals surface area contributed by atoms with Crippen molar-refractivity contribution in [1.29, 1.82) is 0 Å². The van der Waals surface area contributed by atoms with E-state index in [2.05, 4.69) is 18.7 Å². The van der Waals surface area contributed by atoms with E-state index in [1.807, 2.05) is 18.2 Å². The quantitative estimate of drug-likeness (QED) is 0.590. The third-order valence-corrected chi connectivity index (χ3v) is 6.58. The largest absolute Gasteiger partial charge is 0.496 e. The number of hydrogen-bond donors (Lipinski definition) is 0. The van der Waals surface area contributed by atoms with E-state index in [-0.39, 0.29) is 11.1 Å². The van der Waals surface area contributed by atoms with Crippen LogP contribution in [0.25, 0.3) is 6.08 Å². The lowest BCUT2D eigenvalue weighted by atomic mass is 9.89. The van der Waals surface area contributed by atoms with Crippen LogP contribution in [-0.2, 0) is 4.79 Å². The smallest absolute Gasteiger partial charge is 0.293 e. The van der Waals surface area contributed by atoms with Crippen LogP contribution >= 0.6 is 11.8 Å². The van der Waals surface area contributed by atoms with Crippen molar-refractivity contribution in [1.82, 2.24) is 4.90 Å². The van der Waals surface area contributed by atoms with Gasteiger partial charge in [0.1, 0.15) is 5.75 Å². The first kappa shape index (κ1) is 20.8. The summed E-state index contributed by atoms with van der Waals surface area (Å²) in [7, 11) is 1.63. The maximum Gasteiger partial charge on any atom is 0.293 e. The van der Waals surface area contributed by atoms with Gasteiger partial charge in [0.25, 0.3) is 11.1 Å². The van der Waals surface area contributed by atoms with Crippen LogP contribution in [0.5, 0.6) is 5.75 Å². The molecule has 3 rings (SSSR count). The zero-order valence-corrected chi connectivity index (χ0v) is 17.9. The SMILES string of the molecule is CCN(CC)c1ccc(/C=C2/SC(=O)N(CC3CCCCC3)C2=O)c(OC)c1. The Labute approximate surface area is 172 Å². The van der Waals surface area contributed by atoms with Crippen LogP contribution in [0.4, 0.5) is 10.5 Å². The first-order chi connectivity index (χ1) is 13.6. The average Bonchev–Trinajstić information content (AvgIpc) is 2.98. The molecule has 1 aliphatic heterocycles. The Balaban J connectivity index is 1.79. The van der Waals surface area contributed by atoms with Gasteiger partial charge in [0.2, 0.25) is 0 Å². The summed E-state index contributed by atoms with van der Waals surface area (Å²) in [5, 5.41) is -0.152. The molecule has 0 unspecified atom stereocenters. The molecule has 1 saturated carbocycles. The molecule has 2 aliphatic rings. The Kier molecular flexibility index (Phi) is 7.05. The molecule has 1 saturated heterocycles. The van der Waals surface area contributed by atoms with Gasteiger partial charge in [-0.3, -0.25) is 14.5 Å². The second-order valence-corrected chi connectivity index (χ2v) is 8.39.